The van der Waals surface area contributed by atoms with E-state index in [2.05, 4.69) is 6.92 Å². The Labute approximate surface area is 135 Å². The first-order chi connectivity index (χ1) is 10.1. The maximum atomic E-state index is 10.8. The van der Waals surface area contributed by atoms with Gasteiger partial charge in [-0.15, -0.1) is 0 Å². The van der Waals surface area contributed by atoms with Gasteiger partial charge in [0.15, 0.2) is 0 Å². The van der Waals surface area contributed by atoms with Crippen molar-refractivity contribution in [3.05, 3.63) is 0 Å². The molecule has 0 fully saturated rings. The summed E-state index contributed by atoms with van der Waals surface area (Å²) in [5.41, 5.74) is -0.683. The summed E-state index contributed by atoms with van der Waals surface area (Å²) in [6.45, 7) is 7.63. The molecule has 4 heteroatoms. The highest BCUT2D eigenvalue weighted by Crippen LogP contribution is 2.24. The van der Waals surface area contributed by atoms with Crippen LogP contribution in [0, 0.1) is 11.8 Å². The SMILES string of the molecule is CC(O)CCCC(C)CCCC(C)(O)CCCC(C)C(=O)O. The monoisotopic (exact) mass is 316 g/mol. The van der Waals surface area contributed by atoms with Gasteiger partial charge in [0.2, 0.25) is 0 Å². The Bertz CT molecular complexity index is 299. The van der Waals surface area contributed by atoms with Crippen LogP contribution in [0.2, 0.25) is 0 Å². The van der Waals surface area contributed by atoms with Crippen LogP contribution in [0.1, 0.15) is 85.5 Å². The van der Waals surface area contributed by atoms with Crippen molar-refractivity contribution >= 4 is 5.97 Å². The molecule has 0 aliphatic rings. The fourth-order valence-electron chi connectivity index (χ4n) is 2.77. The Morgan fingerprint density at radius 3 is 1.95 bits per heavy atom. The van der Waals surface area contributed by atoms with E-state index in [1.165, 1.54) is 0 Å². The van der Waals surface area contributed by atoms with Crippen LogP contribution in [0.25, 0.3) is 0 Å². The number of carbonyl (C=O) groups is 1. The Balaban J connectivity index is 3.76. The van der Waals surface area contributed by atoms with Gasteiger partial charge in [0.1, 0.15) is 0 Å². The minimum Gasteiger partial charge on any atom is -0.481 e. The summed E-state index contributed by atoms with van der Waals surface area (Å²) in [6.07, 6.45) is 7.76. The fraction of sp³-hybridized carbons (Fsp3) is 0.944. The van der Waals surface area contributed by atoms with E-state index in [-0.39, 0.29) is 12.0 Å². The smallest absolute Gasteiger partial charge is 0.306 e. The molecule has 0 amide bonds. The molecule has 4 nitrogen and oxygen atoms in total. The summed E-state index contributed by atoms with van der Waals surface area (Å²) in [5, 5.41) is 28.4. The van der Waals surface area contributed by atoms with Crippen LogP contribution in [-0.4, -0.2) is 33.0 Å². The second-order valence-corrected chi connectivity index (χ2v) is 7.41. The van der Waals surface area contributed by atoms with E-state index in [0.717, 1.165) is 44.9 Å². The molecule has 22 heavy (non-hydrogen) atoms. The predicted molar refractivity (Wildman–Crippen MR) is 89.8 cm³/mol. The standard InChI is InChI=1S/C18H36O4/c1-14(8-5-11-16(3)19)9-6-12-18(4,22)13-7-10-15(2)17(20)21/h14-16,19,22H,5-13H2,1-4H3,(H,20,21). The Morgan fingerprint density at radius 1 is 0.955 bits per heavy atom. The minimum absolute atomic E-state index is 0.207. The predicted octanol–water partition coefficient (Wildman–Crippen LogP) is 3.99. The van der Waals surface area contributed by atoms with Crippen molar-refractivity contribution in [2.75, 3.05) is 0 Å². The molecule has 0 aliphatic heterocycles. The van der Waals surface area contributed by atoms with Gasteiger partial charge in [-0.25, -0.2) is 0 Å². The number of rotatable bonds is 13. The number of aliphatic carboxylic acids is 1. The number of carboxylic acid groups (broad SMARTS) is 1. The quantitative estimate of drug-likeness (QED) is 0.480. The largest absolute Gasteiger partial charge is 0.481 e. The van der Waals surface area contributed by atoms with Crippen molar-refractivity contribution in [3.63, 3.8) is 0 Å². The molecule has 0 spiro atoms. The highest BCUT2D eigenvalue weighted by atomic mass is 16.4. The van der Waals surface area contributed by atoms with Crippen LogP contribution >= 0.6 is 0 Å². The zero-order chi connectivity index (χ0) is 17.2. The van der Waals surface area contributed by atoms with Crippen molar-refractivity contribution < 1.29 is 20.1 Å². The van der Waals surface area contributed by atoms with Crippen LogP contribution in [-0.2, 0) is 4.79 Å². The topological polar surface area (TPSA) is 77.8 Å². The zero-order valence-electron chi connectivity index (χ0n) is 14.8. The first-order valence-corrected chi connectivity index (χ1v) is 8.77. The molecule has 0 heterocycles. The van der Waals surface area contributed by atoms with Crippen molar-refractivity contribution in [2.24, 2.45) is 11.8 Å². The maximum Gasteiger partial charge on any atom is 0.306 e. The molecule has 4 unspecified atom stereocenters. The summed E-state index contributed by atoms with van der Waals surface area (Å²) in [4.78, 5) is 10.8. The Morgan fingerprint density at radius 2 is 1.45 bits per heavy atom. The lowest BCUT2D eigenvalue weighted by Crippen LogP contribution is -2.24. The number of carboxylic acids is 1. The molecule has 0 aromatic carbocycles. The van der Waals surface area contributed by atoms with Gasteiger partial charge in [0.25, 0.3) is 0 Å². The molecule has 132 valence electrons. The molecular formula is C18H36O4. The molecule has 0 aromatic heterocycles. The van der Waals surface area contributed by atoms with Gasteiger partial charge in [-0.05, 0) is 51.9 Å². The number of hydrogen-bond donors (Lipinski definition) is 3. The van der Waals surface area contributed by atoms with Crippen LogP contribution < -0.4 is 0 Å². The van der Waals surface area contributed by atoms with E-state index in [1.807, 2.05) is 13.8 Å². The minimum atomic E-state index is -0.759. The second kappa shape index (κ2) is 11.0. The first-order valence-electron chi connectivity index (χ1n) is 8.77. The van der Waals surface area contributed by atoms with Gasteiger partial charge in [0, 0.05) is 0 Å². The number of aliphatic hydroxyl groups excluding tert-OH is 1. The number of aliphatic hydroxyl groups is 2. The summed E-state index contributed by atoms with van der Waals surface area (Å²) in [5.74, 6) is -0.461. The van der Waals surface area contributed by atoms with E-state index in [4.69, 9.17) is 5.11 Å². The lowest BCUT2D eigenvalue weighted by Gasteiger charge is -2.24. The molecule has 0 radical (unpaired) electrons. The molecule has 0 saturated carbocycles. The molecule has 0 saturated heterocycles. The van der Waals surface area contributed by atoms with Crippen molar-refractivity contribution in [3.8, 4) is 0 Å². The summed E-state index contributed by atoms with van der Waals surface area (Å²) >= 11 is 0. The van der Waals surface area contributed by atoms with E-state index in [1.54, 1.807) is 6.92 Å². The average molecular weight is 316 g/mol. The normalized spacial score (nSPS) is 18.5. The summed E-state index contributed by atoms with van der Waals surface area (Å²) in [7, 11) is 0. The van der Waals surface area contributed by atoms with Gasteiger partial charge in [0.05, 0.1) is 17.6 Å². The van der Waals surface area contributed by atoms with E-state index < -0.39 is 11.6 Å². The summed E-state index contributed by atoms with van der Waals surface area (Å²) in [6, 6.07) is 0. The highest BCUT2D eigenvalue weighted by molar-refractivity contribution is 5.69. The Kier molecular flexibility index (Phi) is 10.7. The molecule has 0 aromatic rings. The van der Waals surface area contributed by atoms with Gasteiger partial charge < -0.3 is 15.3 Å². The molecule has 4 atom stereocenters. The lowest BCUT2D eigenvalue weighted by atomic mass is 9.88. The molecule has 0 aliphatic carbocycles. The molecule has 0 bridgehead atoms. The van der Waals surface area contributed by atoms with Gasteiger partial charge in [-0.2, -0.15) is 0 Å². The maximum absolute atomic E-state index is 10.8. The van der Waals surface area contributed by atoms with Crippen molar-refractivity contribution in [1.82, 2.24) is 0 Å². The van der Waals surface area contributed by atoms with Crippen LogP contribution in [0.15, 0.2) is 0 Å². The third kappa shape index (κ3) is 12.0. The molecular weight excluding hydrogens is 280 g/mol. The average Bonchev–Trinajstić information content (AvgIpc) is 2.37. The van der Waals surface area contributed by atoms with E-state index in [9.17, 15) is 15.0 Å². The molecule has 0 rings (SSSR count). The van der Waals surface area contributed by atoms with Gasteiger partial charge >= 0.3 is 5.97 Å². The summed E-state index contributed by atoms with van der Waals surface area (Å²) < 4.78 is 0. The van der Waals surface area contributed by atoms with Crippen LogP contribution in [0.4, 0.5) is 0 Å². The lowest BCUT2D eigenvalue weighted by molar-refractivity contribution is -0.141. The van der Waals surface area contributed by atoms with E-state index >= 15 is 0 Å². The van der Waals surface area contributed by atoms with Crippen molar-refractivity contribution in [2.45, 2.75) is 97.2 Å². The third-order valence-electron chi connectivity index (χ3n) is 4.51. The first kappa shape index (κ1) is 21.4. The van der Waals surface area contributed by atoms with Crippen LogP contribution in [0.3, 0.4) is 0 Å². The van der Waals surface area contributed by atoms with Crippen molar-refractivity contribution in [1.29, 1.82) is 0 Å². The Hall–Kier alpha value is -0.610. The third-order valence-corrected chi connectivity index (χ3v) is 4.51. The highest BCUT2D eigenvalue weighted by Gasteiger charge is 2.21. The zero-order valence-corrected chi connectivity index (χ0v) is 14.8. The fourth-order valence-corrected chi connectivity index (χ4v) is 2.77. The molecule has 3 N–H and O–H groups in total. The number of hydrogen-bond acceptors (Lipinski definition) is 3. The van der Waals surface area contributed by atoms with Gasteiger partial charge in [-0.3, -0.25) is 4.79 Å². The van der Waals surface area contributed by atoms with E-state index in [0.29, 0.717) is 18.8 Å². The second-order valence-electron chi connectivity index (χ2n) is 7.41. The van der Waals surface area contributed by atoms with Gasteiger partial charge in [-0.1, -0.05) is 39.5 Å². The van der Waals surface area contributed by atoms with Crippen LogP contribution in [0.5, 0.6) is 0 Å².